The van der Waals surface area contributed by atoms with Gasteiger partial charge in [0.25, 0.3) is 0 Å². The molecule has 0 aliphatic carbocycles. The number of halogens is 1. The van der Waals surface area contributed by atoms with Crippen molar-refractivity contribution in [1.29, 1.82) is 0 Å². The maximum atomic E-state index is 8.70. The van der Waals surface area contributed by atoms with Crippen LogP contribution in [0.1, 0.15) is 24.2 Å². The highest BCUT2D eigenvalue weighted by Gasteiger charge is 2.09. The summed E-state index contributed by atoms with van der Waals surface area (Å²) < 4.78 is 5.84. The summed E-state index contributed by atoms with van der Waals surface area (Å²) in [6, 6.07) is 9.78. The topological polar surface area (TPSA) is 45.4 Å². The number of aliphatic hydroxyl groups excluding tert-OH is 1. The predicted molar refractivity (Wildman–Crippen MR) is 81.9 cm³/mol. The van der Waals surface area contributed by atoms with E-state index in [0.717, 1.165) is 47.1 Å². The fraction of sp³-hybridized carbons (Fsp3) is 0.375. The van der Waals surface area contributed by atoms with Crippen LogP contribution in [0.3, 0.4) is 0 Å². The molecule has 0 atom stereocenters. The van der Waals surface area contributed by atoms with Crippen molar-refractivity contribution < 1.29 is 9.52 Å². The zero-order chi connectivity index (χ0) is 14.4. The van der Waals surface area contributed by atoms with Crippen LogP contribution < -0.4 is 5.32 Å². The van der Waals surface area contributed by atoms with E-state index in [0.29, 0.717) is 6.54 Å². The first-order chi connectivity index (χ1) is 9.72. The second-order valence-electron chi connectivity index (χ2n) is 4.79. The van der Waals surface area contributed by atoms with Crippen molar-refractivity contribution in [2.45, 2.75) is 26.3 Å². The molecule has 108 valence electrons. The van der Waals surface area contributed by atoms with Gasteiger partial charge in [0, 0.05) is 17.2 Å². The van der Waals surface area contributed by atoms with Gasteiger partial charge in [-0.3, -0.25) is 0 Å². The molecule has 0 bridgehead atoms. The monoisotopic (exact) mass is 293 g/mol. The minimum Gasteiger partial charge on any atom is -0.460 e. The van der Waals surface area contributed by atoms with Crippen LogP contribution in [-0.4, -0.2) is 18.3 Å². The average molecular weight is 294 g/mol. The Hall–Kier alpha value is -1.29. The van der Waals surface area contributed by atoms with E-state index < -0.39 is 0 Å². The third-order valence-corrected chi connectivity index (χ3v) is 3.67. The van der Waals surface area contributed by atoms with Gasteiger partial charge < -0.3 is 14.8 Å². The molecule has 0 radical (unpaired) electrons. The molecular formula is C16H20ClNO2. The van der Waals surface area contributed by atoms with Gasteiger partial charge in [-0.25, -0.2) is 0 Å². The molecule has 2 rings (SSSR count). The largest absolute Gasteiger partial charge is 0.460 e. The van der Waals surface area contributed by atoms with Gasteiger partial charge in [0.2, 0.25) is 0 Å². The fourth-order valence-electron chi connectivity index (χ4n) is 2.07. The van der Waals surface area contributed by atoms with E-state index in [-0.39, 0.29) is 6.61 Å². The molecule has 0 aliphatic rings. The summed E-state index contributed by atoms with van der Waals surface area (Å²) >= 11 is 6.13. The zero-order valence-corrected chi connectivity index (χ0v) is 12.4. The molecule has 1 aromatic heterocycles. The van der Waals surface area contributed by atoms with Crippen LogP contribution in [0.15, 0.2) is 34.7 Å². The van der Waals surface area contributed by atoms with E-state index in [2.05, 4.69) is 5.32 Å². The molecule has 2 N–H and O–H groups in total. The highest BCUT2D eigenvalue weighted by Crippen LogP contribution is 2.29. The van der Waals surface area contributed by atoms with E-state index in [9.17, 15) is 0 Å². The highest BCUT2D eigenvalue weighted by atomic mass is 35.5. The summed E-state index contributed by atoms with van der Waals surface area (Å²) in [5, 5.41) is 12.8. The Bertz CT molecular complexity index is 551. The summed E-state index contributed by atoms with van der Waals surface area (Å²) in [4.78, 5) is 0. The van der Waals surface area contributed by atoms with Crippen molar-refractivity contribution in [3.05, 3.63) is 46.7 Å². The molecule has 4 heteroatoms. The Balaban J connectivity index is 1.97. The van der Waals surface area contributed by atoms with E-state index in [4.69, 9.17) is 21.1 Å². The van der Waals surface area contributed by atoms with Crippen LogP contribution in [0.5, 0.6) is 0 Å². The number of unbranched alkanes of at least 4 members (excludes halogenated alkanes) is 1. The third kappa shape index (κ3) is 3.85. The van der Waals surface area contributed by atoms with Gasteiger partial charge in [-0.1, -0.05) is 23.7 Å². The minimum atomic E-state index is 0.251. The molecule has 0 saturated heterocycles. The molecular weight excluding hydrogens is 274 g/mol. The molecule has 0 unspecified atom stereocenters. The lowest BCUT2D eigenvalue weighted by molar-refractivity contribution is 0.283. The Morgan fingerprint density at radius 1 is 1.20 bits per heavy atom. The van der Waals surface area contributed by atoms with E-state index >= 15 is 0 Å². The molecule has 0 spiro atoms. The standard InChI is InChI=1S/C16H20ClNO2/c1-12-14(5-4-6-15(12)17)16-8-7-13(20-16)11-18-9-2-3-10-19/h4-8,18-19H,2-3,9-11H2,1H3. The SMILES string of the molecule is Cc1c(Cl)cccc1-c1ccc(CNCCCCO)o1. The summed E-state index contributed by atoms with van der Waals surface area (Å²) in [6.45, 7) is 3.82. The summed E-state index contributed by atoms with van der Waals surface area (Å²) in [7, 11) is 0. The number of hydrogen-bond acceptors (Lipinski definition) is 3. The lowest BCUT2D eigenvalue weighted by Crippen LogP contribution is -2.14. The van der Waals surface area contributed by atoms with Gasteiger partial charge in [0.05, 0.1) is 6.54 Å². The van der Waals surface area contributed by atoms with Crippen LogP contribution in [0, 0.1) is 6.92 Å². The van der Waals surface area contributed by atoms with Crippen LogP contribution in [0.4, 0.5) is 0 Å². The van der Waals surface area contributed by atoms with Crippen LogP contribution in [0.2, 0.25) is 5.02 Å². The smallest absolute Gasteiger partial charge is 0.134 e. The molecule has 3 nitrogen and oxygen atoms in total. The lowest BCUT2D eigenvalue weighted by atomic mass is 10.1. The van der Waals surface area contributed by atoms with Crippen molar-refractivity contribution in [1.82, 2.24) is 5.32 Å². The van der Waals surface area contributed by atoms with Crippen LogP contribution in [-0.2, 0) is 6.54 Å². The average Bonchev–Trinajstić information content (AvgIpc) is 2.90. The number of benzene rings is 1. The van der Waals surface area contributed by atoms with Gasteiger partial charge in [-0.2, -0.15) is 0 Å². The van der Waals surface area contributed by atoms with Crippen LogP contribution >= 0.6 is 11.6 Å². The first-order valence-electron chi connectivity index (χ1n) is 6.88. The number of aliphatic hydroxyl groups is 1. The summed E-state index contributed by atoms with van der Waals surface area (Å²) in [5.41, 5.74) is 2.06. The second kappa shape index (κ2) is 7.48. The number of rotatable bonds is 7. The number of hydrogen-bond donors (Lipinski definition) is 2. The summed E-state index contributed by atoms with van der Waals surface area (Å²) in [6.07, 6.45) is 1.80. The molecule has 2 aromatic rings. The number of nitrogens with one attached hydrogen (secondary N) is 1. The molecule has 1 aromatic carbocycles. The maximum absolute atomic E-state index is 8.70. The Kier molecular flexibility index (Phi) is 5.65. The summed E-state index contributed by atoms with van der Waals surface area (Å²) in [5.74, 6) is 1.75. The minimum absolute atomic E-state index is 0.251. The Morgan fingerprint density at radius 3 is 2.85 bits per heavy atom. The van der Waals surface area contributed by atoms with Gasteiger partial charge in [-0.15, -0.1) is 0 Å². The number of furan rings is 1. The van der Waals surface area contributed by atoms with E-state index in [1.54, 1.807) is 0 Å². The van der Waals surface area contributed by atoms with Gasteiger partial charge in [0.15, 0.2) is 0 Å². The molecule has 20 heavy (non-hydrogen) atoms. The van der Waals surface area contributed by atoms with Gasteiger partial charge in [-0.05, 0) is 50.1 Å². The molecule has 0 amide bonds. The van der Waals surface area contributed by atoms with Crippen molar-refractivity contribution in [2.75, 3.05) is 13.2 Å². The van der Waals surface area contributed by atoms with Gasteiger partial charge in [0.1, 0.15) is 11.5 Å². The molecule has 0 saturated carbocycles. The highest BCUT2D eigenvalue weighted by molar-refractivity contribution is 6.31. The molecule has 1 heterocycles. The Morgan fingerprint density at radius 2 is 2.05 bits per heavy atom. The van der Waals surface area contributed by atoms with Crippen molar-refractivity contribution in [3.8, 4) is 11.3 Å². The fourth-order valence-corrected chi connectivity index (χ4v) is 2.24. The van der Waals surface area contributed by atoms with Crippen molar-refractivity contribution >= 4 is 11.6 Å². The third-order valence-electron chi connectivity index (χ3n) is 3.26. The van der Waals surface area contributed by atoms with E-state index in [1.165, 1.54) is 0 Å². The maximum Gasteiger partial charge on any atom is 0.134 e. The van der Waals surface area contributed by atoms with Crippen molar-refractivity contribution in [2.24, 2.45) is 0 Å². The first kappa shape index (κ1) is 15.1. The molecule has 0 aliphatic heterocycles. The second-order valence-corrected chi connectivity index (χ2v) is 5.19. The van der Waals surface area contributed by atoms with E-state index in [1.807, 2.05) is 37.3 Å². The quantitative estimate of drug-likeness (QED) is 0.764. The lowest BCUT2D eigenvalue weighted by Gasteiger charge is -2.05. The zero-order valence-electron chi connectivity index (χ0n) is 11.7. The molecule has 0 fully saturated rings. The van der Waals surface area contributed by atoms with Gasteiger partial charge >= 0.3 is 0 Å². The van der Waals surface area contributed by atoms with Crippen molar-refractivity contribution in [3.63, 3.8) is 0 Å². The Labute approximate surface area is 124 Å². The first-order valence-corrected chi connectivity index (χ1v) is 7.26. The normalized spacial score (nSPS) is 10.9. The van der Waals surface area contributed by atoms with Crippen LogP contribution in [0.25, 0.3) is 11.3 Å². The predicted octanol–water partition coefficient (Wildman–Crippen LogP) is 3.77.